The van der Waals surface area contributed by atoms with Crippen molar-refractivity contribution >= 4 is 29.2 Å². The molecule has 18 heavy (non-hydrogen) atoms. The first-order chi connectivity index (χ1) is 8.47. The number of halogens is 3. The smallest absolute Gasteiger partial charge is 0.350 e. The van der Waals surface area contributed by atoms with Crippen LogP contribution in [0.5, 0.6) is 0 Å². The number of thioether (sulfide) groups is 2. The van der Waals surface area contributed by atoms with E-state index in [1.54, 1.807) is 17.8 Å². The van der Waals surface area contributed by atoms with E-state index < -0.39 is 11.6 Å². The molecule has 1 aliphatic carbocycles. The van der Waals surface area contributed by atoms with Crippen molar-refractivity contribution in [2.24, 2.45) is 0 Å². The molecule has 2 heterocycles. The van der Waals surface area contributed by atoms with Crippen molar-refractivity contribution < 1.29 is 13.2 Å². The zero-order valence-electron chi connectivity index (χ0n) is 9.38. The van der Waals surface area contributed by atoms with E-state index in [2.05, 4.69) is 0 Å². The number of alkyl halides is 3. The predicted octanol–water partition coefficient (Wildman–Crippen LogP) is 3.58. The number of nitrogens with zero attached hydrogens (tertiary/aromatic N) is 1. The summed E-state index contributed by atoms with van der Waals surface area (Å²) >= 11 is 2.45. The SMILES string of the molecule is N=C1C=C2SCCCN3C2=C(C1)SC3C(F)(F)F. The maximum absolute atomic E-state index is 13.0. The first-order valence-electron chi connectivity index (χ1n) is 5.62. The maximum Gasteiger partial charge on any atom is 0.418 e. The summed E-state index contributed by atoms with van der Waals surface area (Å²) in [7, 11) is 0. The number of hydrogen-bond acceptors (Lipinski definition) is 4. The molecule has 0 saturated carbocycles. The second kappa shape index (κ2) is 4.23. The van der Waals surface area contributed by atoms with Crippen molar-refractivity contribution in [3.05, 3.63) is 21.6 Å². The lowest BCUT2D eigenvalue weighted by Crippen LogP contribution is -2.40. The van der Waals surface area contributed by atoms with Crippen molar-refractivity contribution in [3.63, 3.8) is 0 Å². The Labute approximate surface area is 111 Å². The van der Waals surface area contributed by atoms with E-state index >= 15 is 0 Å². The van der Waals surface area contributed by atoms with Gasteiger partial charge in [-0.2, -0.15) is 13.2 Å². The molecule has 0 radical (unpaired) electrons. The van der Waals surface area contributed by atoms with Crippen LogP contribution < -0.4 is 0 Å². The second-order valence-electron chi connectivity index (χ2n) is 4.39. The summed E-state index contributed by atoms with van der Waals surface area (Å²) in [6.45, 7) is 0.452. The van der Waals surface area contributed by atoms with Gasteiger partial charge in [-0.25, -0.2) is 0 Å². The van der Waals surface area contributed by atoms with Crippen LogP contribution in [-0.2, 0) is 0 Å². The van der Waals surface area contributed by atoms with Crippen LogP contribution >= 0.6 is 23.5 Å². The van der Waals surface area contributed by atoms with Crippen molar-refractivity contribution in [2.45, 2.75) is 24.4 Å². The minimum Gasteiger partial charge on any atom is -0.350 e. The van der Waals surface area contributed by atoms with Gasteiger partial charge >= 0.3 is 6.18 Å². The topological polar surface area (TPSA) is 27.1 Å². The van der Waals surface area contributed by atoms with Gasteiger partial charge in [-0.3, -0.25) is 0 Å². The minimum absolute atomic E-state index is 0.340. The molecule has 3 aliphatic rings. The third-order valence-electron chi connectivity index (χ3n) is 3.06. The van der Waals surface area contributed by atoms with E-state index in [1.165, 1.54) is 4.90 Å². The van der Waals surface area contributed by atoms with E-state index in [-0.39, 0.29) is 0 Å². The summed E-state index contributed by atoms with van der Waals surface area (Å²) in [5, 5.41) is 6.26. The van der Waals surface area contributed by atoms with Gasteiger partial charge in [0, 0.05) is 28.5 Å². The molecule has 1 atom stereocenters. The molecule has 0 spiro atoms. The van der Waals surface area contributed by atoms with Crippen LogP contribution in [0.25, 0.3) is 0 Å². The highest BCUT2D eigenvalue weighted by molar-refractivity contribution is 8.05. The first-order valence-corrected chi connectivity index (χ1v) is 7.49. The van der Waals surface area contributed by atoms with E-state index in [4.69, 9.17) is 5.41 Å². The third kappa shape index (κ3) is 1.97. The molecule has 1 unspecified atom stereocenters. The fraction of sp³-hybridized carbons (Fsp3) is 0.545. The molecule has 7 heteroatoms. The molecule has 2 nitrogen and oxygen atoms in total. The molecule has 0 aromatic rings. The van der Waals surface area contributed by atoms with Crippen molar-refractivity contribution in [1.29, 1.82) is 5.41 Å². The van der Waals surface area contributed by atoms with Gasteiger partial charge in [0.2, 0.25) is 0 Å². The molecule has 1 fully saturated rings. The highest BCUT2D eigenvalue weighted by Crippen LogP contribution is 2.53. The summed E-state index contributed by atoms with van der Waals surface area (Å²) in [6.07, 6.45) is -1.40. The van der Waals surface area contributed by atoms with Crippen molar-refractivity contribution in [1.82, 2.24) is 4.90 Å². The van der Waals surface area contributed by atoms with E-state index in [0.717, 1.165) is 34.5 Å². The fourth-order valence-electron chi connectivity index (χ4n) is 2.39. The zero-order valence-corrected chi connectivity index (χ0v) is 11.0. The van der Waals surface area contributed by atoms with Gasteiger partial charge in [0.05, 0.1) is 5.70 Å². The molecule has 1 N–H and O–H groups in total. The summed E-state index contributed by atoms with van der Waals surface area (Å²) in [5.41, 5.74) is 1.15. The van der Waals surface area contributed by atoms with Crippen LogP contribution in [0.4, 0.5) is 13.2 Å². The molecule has 2 aliphatic heterocycles. The van der Waals surface area contributed by atoms with E-state index in [9.17, 15) is 13.2 Å². The normalized spacial score (nSPS) is 28.2. The first kappa shape index (κ1) is 12.5. The summed E-state index contributed by atoms with van der Waals surface area (Å²) in [6, 6.07) is 0. The summed E-state index contributed by atoms with van der Waals surface area (Å²) < 4.78 is 39.1. The quantitative estimate of drug-likeness (QED) is 0.739. The lowest BCUT2D eigenvalue weighted by Gasteiger charge is -2.29. The molecular formula is C11H11F3N2S2. The van der Waals surface area contributed by atoms with Crippen molar-refractivity contribution in [2.75, 3.05) is 12.3 Å². The average Bonchev–Trinajstić information content (AvgIpc) is 2.49. The Morgan fingerprint density at radius 3 is 2.89 bits per heavy atom. The maximum atomic E-state index is 13.0. The van der Waals surface area contributed by atoms with Crippen molar-refractivity contribution in [3.8, 4) is 0 Å². The van der Waals surface area contributed by atoms with Crippen LogP contribution in [0.15, 0.2) is 21.6 Å². The van der Waals surface area contributed by atoms with Gasteiger partial charge in [0.15, 0.2) is 5.37 Å². The molecule has 98 valence electrons. The highest BCUT2D eigenvalue weighted by atomic mass is 32.2. The van der Waals surface area contributed by atoms with Gasteiger partial charge in [0.1, 0.15) is 0 Å². The molecule has 3 rings (SSSR count). The van der Waals surface area contributed by atoms with Gasteiger partial charge in [-0.1, -0.05) is 11.8 Å². The van der Waals surface area contributed by atoms with Gasteiger partial charge in [0.25, 0.3) is 0 Å². The fourth-order valence-corrected chi connectivity index (χ4v) is 4.87. The number of allylic oxidation sites excluding steroid dienone is 2. The molecule has 0 aromatic carbocycles. The van der Waals surface area contributed by atoms with Crippen LogP contribution in [-0.4, -0.2) is 34.5 Å². The zero-order chi connectivity index (χ0) is 12.9. The number of nitrogens with one attached hydrogen (secondary N) is 1. The standard InChI is InChI=1S/C11H11F3N2S2/c12-11(13,14)10-16-2-1-3-17-7-4-6(15)5-8(18-10)9(7)16/h4,10,15H,1-3,5H2. The van der Waals surface area contributed by atoms with E-state index in [0.29, 0.717) is 23.6 Å². The number of rotatable bonds is 0. The minimum atomic E-state index is -4.22. The Morgan fingerprint density at radius 2 is 2.17 bits per heavy atom. The second-order valence-corrected chi connectivity index (χ2v) is 6.70. The van der Waals surface area contributed by atoms with Gasteiger partial charge in [-0.15, -0.1) is 11.8 Å². The molecule has 0 amide bonds. The lowest BCUT2D eigenvalue weighted by atomic mass is 10.1. The van der Waals surface area contributed by atoms with Crippen LogP contribution in [0, 0.1) is 5.41 Å². The Morgan fingerprint density at radius 1 is 1.39 bits per heavy atom. The Bertz CT molecular complexity index is 467. The largest absolute Gasteiger partial charge is 0.418 e. The van der Waals surface area contributed by atoms with Crippen LogP contribution in [0.1, 0.15) is 12.8 Å². The molecule has 0 aromatic heterocycles. The summed E-state index contributed by atoms with van der Waals surface area (Å²) in [5.74, 6) is 0.821. The summed E-state index contributed by atoms with van der Waals surface area (Å²) in [4.78, 5) is 3.05. The Kier molecular flexibility index (Phi) is 2.93. The monoisotopic (exact) mass is 292 g/mol. The van der Waals surface area contributed by atoms with Crippen LogP contribution in [0.2, 0.25) is 0 Å². The van der Waals surface area contributed by atoms with Gasteiger partial charge in [-0.05, 0) is 18.2 Å². The predicted molar refractivity (Wildman–Crippen MR) is 68.7 cm³/mol. The van der Waals surface area contributed by atoms with Gasteiger partial charge < -0.3 is 10.3 Å². The molecule has 1 saturated heterocycles. The third-order valence-corrected chi connectivity index (χ3v) is 5.54. The Balaban J connectivity index is 2.02. The Hall–Kier alpha value is -0.560. The average molecular weight is 292 g/mol. The molecule has 0 bridgehead atoms. The van der Waals surface area contributed by atoms with E-state index in [1.807, 2.05) is 0 Å². The van der Waals surface area contributed by atoms with Crippen LogP contribution in [0.3, 0.4) is 0 Å². The highest BCUT2D eigenvalue weighted by Gasteiger charge is 2.51. The molecular weight excluding hydrogens is 281 g/mol. The number of hydrogen-bond donors (Lipinski definition) is 1. The lowest BCUT2D eigenvalue weighted by molar-refractivity contribution is -0.151.